The number of aliphatic hydroxyl groups is 1. The Balaban J connectivity index is 2.49. The summed E-state index contributed by atoms with van der Waals surface area (Å²) in [5.74, 6) is -0.339. The van der Waals surface area contributed by atoms with E-state index >= 15 is 0 Å². The molecule has 90 valence electrons. The lowest BCUT2D eigenvalue weighted by atomic mass is 10.0. The maximum absolute atomic E-state index is 12.8. The van der Waals surface area contributed by atoms with Crippen molar-refractivity contribution in [3.05, 3.63) is 34.6 Å². The predicted molar refractivity (Wildman–Crippen MR) is 64.0 cm³/mol. The number of hydrogen-bond acceptors (Lipinski definition) is 2. The molecule has 4 heteroatoms. The zero-order valence-electron chi connectivity index (χ0n) is 9.56. The van der Waals surface area contributed by atoms with Gasteiger partial charge in [-0.2, -0.15) is 0 Å². The Hall–Kier alpha value is -0.640. The second-order valence-electron chi connectivity index (χ2n) is 4.19. The van der Waals surface area contributed by atoms with E-state index in [1.807, 2.05) is 6.92 Å². The molecule has 1 rings (SSSR count). The van der Waals surface area contributed by atoms with Gasteiger partial charge in [-0.3, -0.25) is 0 Å². The van der Waals surface area contributed by atoms with Crippen molar-refractivity contribution >= 4 is 11.6 Å². The Morgan fingerprint density at radius 1 is 1.50 bits per heavy atom. The molecule has 1 aromatic carbocycles. The first-order chi connectivity index (χ1) is 7.44. The number of rotatable bonds is 5. The summed E-state index contributed by atoms with van der Waals surface area (Å²) in [5.41, 5.74) is 0.113. The van der Waals surface area contributed by atoms with Crippen molar-refractivity contribution in [3.8, 4) is 0 Å². The van der Waals surface area contributed by atoms with Crippen LogP contribution in [0, 0.1) is 5.82 Å². The molecule has 16 heavy (non-hydrogen) atoms. The summed E-state index contributed by atoms with van der Waals surface area (Å²) in [5, 5.41) is 13.3. The summed E-state index contributed by atoms with van der Waals surface area (Å²) in [6.07, 6.45) is 0.678. The molecule has 0 aliphatic rings. The van der Waals surface area contributed by atoms with E-state index in [1.54, 1.807) is 13.0 Å². The van der Waals surface area contributed by atoms with E-state index in [2.05, 4.69) is 5.32 Å². The molecule has 2 nitrogen and oxygen atoms in total. The number of halogens is 2. The second-order valence-corrected chi connectivity index (χ2v) is 4.60. The molecule has 0 radical (unpaired) electrons. The molecular formula is C12H17ClFNO. The van der Waals surface area contributed by atoms with Gasteiger partial charge in [0.15, 0.2) is 0 Å². The van der Waals surface area contributed by atoms with Crippen LogP contribution in [0.2, 0.25) is 5.02 Å². The molecule has 0 fully saturated rings. The first-order valence-electron chi connectivity index (χ1n) is 5.31. The smallest absolute Gasteiger partial charge is 0.124 e. The molecule has 0 aliphatic carbocycles. The second kappa shape index (κ2) is 5.62. The van der Waals surface area contributed by atoms with Crippen molar-refractivity contribution in [1.29, 1.82) is 0 Å². The SMILES string of the molecule is CCC(C)(O)CNCc1ccc(F)cc1Cl. The van der Waals surface area contributed by atoms with Crippen molar-refractivity contribution < 1.29 is 9.50 Å². The van der Waals surface area contributed by atoms with Crippen LogP contribution in [0.25, 0.3) is 0 Å². The van der Waals surface area contributed by atoms with Crippen molar-refractivity contribution in [1.82, 2.24) is 5.32 Å². The highest BCUT2D eigenvalue weighted by molar-refractivity contribution is 6.31. The highest BCUT2D eigenvalue weighted by Gasteiger charge is 2.16. The van der Waals surface area contributed by atoms with Crippen molar-refractivity contribution in [2.75, 3.05) is 6.54 Å². The van der Waals surface area contributed by atoms with Crippen LogP contribution in [0.4, 0.5) is 4.39 Å². The van der Waals surface area contributed by atoms with Crippen LogP contribution < -0.4 is 5.32 Å². The fourth-order valence-electron chi connectivity index (χ4n) is 1.26. The van der Waals surface area contributed by atoms with Gasteiger partial charge in [0.05, 0.1) is 5.60 Å². The van der Waals surface area contributed by atoms with Crippen molar-refractivity contribution in [2.45, 2.75) is 32.4 Å². The van der Waals surface area contributed by atoms with Crippen LogP contribution in [0.3, 0.4) is 0 Å². The van der Waals surface area contributed by atoms with Gasteiger partial charge in [0, 0.05) is 18.1 Å². The Morgan fingerprint density at radius 2 is 2.19 bits per heavy atom. The molecular weight excluding hydrogens is 229 g/mol. The van der Waals surface area contributed by atoms with Crippen LogP contribution in [0.15, 0.2) is 18.2 Å². The molecule has 0 aromatic heterocycles. The van der Waals surface area contributed by atoms with Crippen molar-refractivity contribution in [3.63, 3.8) is 0 Å². The standard InChI is InChI=1S/C12H17ClFNO/c1-3-12(2,16)8-15-7-9-4-5-10(14)6-11(9)13/h4-6,15-16H,3,7-8H2,1-2H3. The molecule has 0 heterocycles. The molecule has 0 amide bonds. The van der Waals surface area contributed by atoms with Gasteiger partial charge < -0.3 is 10.4 Å². The average molecular weight is 246 g/mol. The fraction of sp³-hybridized carbons (Fsp3) is 0.500. The third-order valence-corrected chi connectivity index (χ3v) is 2.95. The van der Waals surface area contributed by atoms with Crippen LogP contribution >= 0.6 is 11.6 Å². The topological polar surface area (TPSA) is 32.3 Å². The van der Waals surface area contributed by atoms with Crippen LogP contribution in [0.1, 0.15) is 25.8 Å². The summed E-state index contributed by atoms with van der Waals surface area (Å²) in [4.78, 5) is 0. The van der Waals surface area contributed by atoms with Crippen LogP contribution in [-0.4, -0.2) is 17.3 Å². The summed E-state index contributed by atoms with van der Waals surface area (Å²) >= 11 is 5.87. The normalized spacial score (nSPS) is 14.8. The molecule has 0 bridgehead atoms. The summed E-state index contributed by atoms with van der Waals surface area (Å²) in [6.45, 7) is 4.70. The summed E-state index contributed by atoms with van der Waals surface area (Å²) in [6, 6.07) is 4.31. The van der Waals surface area contributed by atoms with Crippen molar-refractivity contribution in [2.24, 2.45) is 0 Å². The van der Waals surface area contributed by atoms with Gasteiger partial charge >= 0.3 is 0 Å². The number of hydrogen-bond donors (Lipinski definition) is 2. The average Bonchev–Trinajstić information content (AvgIpc) is 2.21. The first-order valence-corrected chi connectivity index (χ1v) is 5.69. The largest absolute Gasteiger partial charge is 0.389 e. The monoisotopic (exact) mass is 245 g/mol. The summed E-state index contributed by atoms with van der Waals surface area (Å²) < 4.78 is 12.8. The highest BCUT2D eigenvalue weighted by atomic mass is 35.5. The molecule has 0 saturated heterocycles. The van der Waals surface area contributed by atoms with E-state index in [9.17, 15) is 9.50 Å². The van der Waals surface area contributed by atoms with E-state index in [1.165, 1.54) is 12.1 Å². The zero-order chi connectivity index (χ0) is 12.2. The minimum Gasteiger partial charge on any atom is -0.389 e. The van der Waals surface area contributed by atoms with Crippen LogP contribution in [-0.2, 0) is 6.54 Å². The molecule has 1 unspecified atom stereocenters. The quantitative estimate of drug-likeness (QED) is 0.836. The lowest BCUT2D eigenvalue weighted by molar-refractivity contribution is 0.0555. The minimum absolute atomic E-state index is 0.339. The maximum atomic E-state index is 12.8. The molecule has 1 atom stereocenters. The van der Waals surface area contributed by atoms with Gasteiger partial charge in [-0.25, -0.2) is 4.39 Å². The van der Waals surface area contributed by atoms with E-state index < -0.39 is 5.60 Å². The van der Waals surface area contributed by atoms with Gasteiger partial charge in [-0.1, -0.05) is 24.6 Å². The predicted octanol–water partition coefficient (Wildman–Crippen LogP) is 2.73. The molecule has 0 saturated carbocycles. The Kier molecular flexibility index (Phi) is 4.71. The van der Waals surface area contributed by atoms with E-state index in [0.717, 1.165) is 5.56 Å². The van der Waals surface area contributed by atoms with E-state index in [-0.39, 0.29) is 5.82 Å². The third kappa shape index (κ3) is 4.08. The van der Waals surface area contributed by atoms with Gasteiger partial charge in [0.1, 0.15) is 5.82 Å². The minimum atomic E-state index is -0.716. The van der Waals surface area contributed by atoms with Gasteiger partial charge in [-0.15, -0.1) is 0 Å². The van der Waals surface area contributed by atoms with E-state index in [4.69, 9.17) is 11.6 Å². The molecule has 2 N–H and O–H groups in total. The molecule has 1 aromatic rings. The lowest BCUT2D eigenvalue weighted by Gasteiger charge is -2.21. The molecule has 0 aliphatic heterocycles. The Bertz CT molecular complexity index is 355. The van der Waals surface area contributed by atoms with E-state index in [0.29, 0.717) is 24.5 Å². The summed E-state index contributed by atoms with van der Waals surface area (Å²) in [7, 11) is 0. The molecule has 0 spiro atoms. The number of nitrogens with one attached hydrogen (secondary N) is 1. The first kappa shape index (κ1) is 13.4. The third-order valence-electron chi connectivity index (χ3n) is 2.60. The maximum Gasteiger partial charge on any atom is 0.124 e. The number of benzene rings is 1. The Labute approximate surface area is 100 Å². The van der Waals surface area contributed by atoms with Gasteiger partial charge in [0.2, 0.25) is 0 Å². The lowest BCUT2D eigenvalue weighted by Crippen LogP contribution is -2.36. The zero-order valence-corrected chi connectivity index (χ0v) is 10.3. The van der Waals surface area contributed by atoms with Crippen LogP contribution in [0.5, 0.6) is 0 Å². The highest BCUT2D eigenvalue weighted by Crippen LogP contribution is 2.17. The van der Waals surface area contributed by atoms with Gasteiger partial charge in [0.25, 0.3) is 0 Å². The Morgan fingerprint density at radius 3 is 2.75 bits per heavy atom. The van der Waals surface area contributed by atoms with Gasteiger partial charge in [-0.05, 0) is 31.0 Å². The fourth-order valence-corrected chi connectivity index (χ4v) is 1.49.